The zero-order valence-corrected chi connectivity index (χ0v) is 4.96. The van der Waals surface area contributed by atoms with Crippen molar-refractivity contribution in [3.63, 3.8) is 0 Å². The van der Waals surface area contributed by atoms with Gasteiger partial charge in [-0.2, -0.15) is 0 Å². The summed E-state index contributed by atoms with van der Waals surface area (Å²) >= 11 is 1.50. The molecule has 0 atom stereocenters. The quantitative estimate of drug-likeness (QED) is 0.508. The molecule has 0 radical (unpaired) electrons. The van der Waals surface area contributed by atoms with Crippen molar-refractivity contribution in [2.75, 3.05) is 6.26 Å². The van der Waals surface area contributed by atoms with E-state index in [2.05, 4.69) is 5.92 Å². The minimum Gasteiger partial charge on any atom is -0.391 e. The van der Waals surface area contributed by atoms with Crippen LogP contribution in [0.1, 0.15) is 0 Å². The van der Waals surface area contributed by atoms with Gasteiger partial charge in [0.05, 0.1) is 5.70 Å². The molecule has 38 valence electrons. The van der Waals surface area contributed by atoms with Crippen LogP contribution in [0.4, 0.5) is 0 Å². The minimum absolute atomic E-state index is 0.493. The summed E-state index contributed by atoms with van der Waals surface area (Å²) in [6.45, 7) is 0. The zero-order chi connectivity index (χ0) is 5.70. The Morgan fingerprint density at radius 2 is 2.57 bits per heavy atom. The maximum atomic E-state index is 5.19. The summed E-state index contributed by atoms with van der Waals surface area (Å²) in [5, 5.41) is 1.72. The maximum absolute atomic E-state index is 5.19. The van der Waals surface area contributed by atoms with Gasteiger partial charge in [-0.25, -0.2) is 0 Å². The van der Waals surface area contributed by atoms with E-state index in [9.17, 15) is 0 Å². The highest BCUT2D eigenvalue weighted by Crippen LogP contribution is 1.94. The third-order valence-electron chi connectivity index (χ3n) is 0.411. The van der Waals surface area contributed by atoms with Gasteiger partial charge < -0.3 is 5.73 Å². The van der Waals surface area contributed by atoms with Gasteiger partial charge in [-0.1, -0.05) is 5.92 Å². The predicted octanol–water partition coefficient (Wildman–Crippen LogP) is 0.783. The van der Waals surface area contributed by atoms with Gasteiger partial charge in [-0.05, 0) is 6.26 Å². The summed E-state index contributed by atoms with van der Waals surface area (Å²) in [7, 11) is 0. The fraction of sp³-hybridized carbons (Fsp3) is 0.200. The van der Waals surface area contributed by atoms with Gasteiger partial charge in [0.15, 0.2) is 0 Å². The average Bonchev–Trinajstić information content (AvgIpc) is 1.68. The Balaban J connectivity index is 3.57. The third-order valence-corrected chi connectivity index (χ3v) is 0.901. The van der Waals surface area contributed by atoms with Crippen LogP contribution in [0.25, 0.3) is 0 Å². The molecule has 0 spiro atoms. The Kier molecular flexibility index (Phi) is 3.35. The molecular formula is C5H7NS. The van der Waals surface area contributed by atoms with E-state index >= 15 is 0 Å². The lowest BCUT2D eigenvalue weighted by Gasteiger charge is -1.81. The molecule has 0 bridgehead atoms. The molecule has 0 saturated carbocycles. The smallest absolute Gasteiger partial charge is 0.0888 e. The number of rotatable bonds is 1. The monoisotopic (exact) mass is 113 g/mol. The van der Waals surface area contributed by atoms with E-state index in [0.717, 1.165) is 0 Å². The first-order valence-corrected chi connectivity index (χ1v) is 3.05. The van der Waals surface area contributed by atoms with E-state index < -0.39 is 0 Å². The molecule has 0 amide bonds. The van der Waals surface area contributed by atoms with Crippen LogP contribution in [0.5, 0.6) is 0 Å². The molecule has 0 aliphatic carbocycles. The second-order valence-corrected chi connectivity index (χ2v) is 1.66. The van der Waals surface area contributed by atoms with Gasteiger partial charge in [-0.15, -0.1) is 18.2 Å². The van der Waals surface area contributed by atoms with Crippen molar-refractivity contribution >= 4 is 11.8 Å². The van der Waals surface area contributed by atoms with Crippen molar-refractivity contribution in [3.8, 4) is 12.3 Å². The molecule has 0 aliphatic rings. The summed E-state index contributed by atoms with van der Waals surface area (Å²) in [6, 6.07) is 0. The highest BCUT2D eigenvalue weighted by Gasteiger charge is 1.73. The average molecular weight is 113 g/mol. The highest BCUT2D eigenvalue weighted by molar-refractivity contribution is 8.01. The van der Waals surface area contributed by atoms with Crippen molar-refractivity contribution in [2.45, 2.75) is 0 Å². The van der Waals surface area contributed by atoms with E-state index in [1.165, 1.54) is 11.8 Å². The number of hydrogen-bond acceptors (Lipinski definition) is 2. The molecular weight excluding hydrogens is 106 g/mol. The van der Waals surface area contributed by atoms with Gasteiger partial charge in [0.25, 0.3) is 0 Å². The van der Waals surface area contributed by atoms with Crippen LogP contribution in [0.15, 0.2) is 11.1 Å². The van der Waals surface area contributed by atoms with E-state index in [4.69, 9.17) is 12.2 Å². The topological polar surface area (TPSA) is 26.0 Å². The van der Waals surface area contributed by atoms with Crippen LogP contribution < -0.4 is 5.73 Å². The molecule has 0 aromatic carbocycles. The van der Waals surface area contributed by atoms with E-state index in [1.807, 2.05) is 6.26 Å². The van der Waals surface area contributed by atoms with Gasteiger partial charge in [-0.3, -0.25) is 0 Å². The number of nitrogens with two attached hydrogens (primary N) is 1. The zero-order valence-electron chi connectivity index (χ0n) is 4.14. The van der Waals surface area contributed by atoms with Gasteiger partial charge in [0, 0.05) is 5.41 Å². The molecule has 0 fully saturated rings. The Morgan fingerprint density at radius 1 is 2.00 bits per heavy atom. The molecule has 2 heteroatoms. The summed E-state index contributed by atoms with van der Waals surface area (Å²) in [6.07, 6.45) is 6.81. The predicted molar refractivity (Wildman–Crippen MR) is 34.6 cm³/mol. The van der Waals surface area contributed by atoms with Crippen molar-refractivity contribution in [2.24, 2.45) is 5.73 Å². The van der Waals surface area contributed by atoms with Crippen LogP contribution in [-0.4, -0.2) is 6.26 Å². The molecule has 0 aliphatic heterocycles. The molecule has 0 aromatic rings. The van der Waals surface area contributed by atoms with Crippen LogP contribution in [0, 0.1) is 12.3 Å². The highest BCUT2D eigenvalue weighted by atomic mass is 32.2. The first-order valence-electron chi connectivity index (χ1n) is 1.76. The van der Waals surface area contributed by atoms with Gasteiger partial charge in [0.1, 0.15) is 0 Å². The number of allylic oxidation sites excluding steroid dienone is 1. The standard InChI is InChI=1S/C5H7NS/c1-3-5(6)4-7-2/h1,4H,6H2,2H3/b5-4+. The van der Waals surface area contributed by atoms with E-state index in [1.54, 1.807) is 5.41 Å². The largest absolute Gasteiger partial charge is 0.391 e. The SMILES string of the molecule is C#C/C(N)=C\SC. The first kappa shape index (κ1) is 6.45. The molecule has 0 heterocycles. The fourth-order valence-electron chi connectivity index (χ4n) is 0.161. The van der Waals surface area contributed by atoms with Crippen LogP contribution in [0.2, 0.25) is 0 Å². The Bertz CT molecular complexity index is 110. The van der Waals surface area contributed by atoms with Crippen molar-refractivity contribution < 1.29 is 0 Å². The number of thioether (sulfide) groups is 1. The Morgan fingerprint density at radius 3 is 2.71 bits per heavy atom. The second kappa shape index (κ2) is 3.63. The van der Waals surface area contributed by atoms with E-state index in [-0.39, 0.29) is 0 Å². The third kappa shape index (κ3) is 3.28. The molecule has 2 N–H and O–H groups in total. The van der Waals surface area contributed by atoms with Crippen molar-refractivity contribution in [1.29, 1.82) is 0 Å². The van der Waals surface area contributed by atoms with Gasteiger partial charge in [0.2, 0.25) is 0 Å². The molecule has 7 heavy (non-hydrogen) atoms. The Hall–Kier alpha value is -0.550. The van der Waals surface area contributed by atoms with Gasteiger partial charge >= 0.3 is 0 Å². The fourth-order valence-corrected chi connectivity index (χ4v) is 0.483. The van der Waals surface area contributed by atoms with Crippen LogP contribution >= 0.6 is 11.8 Å². The van der Waals surface area contributed by atoms with Crippen molar-refractivity contribution in [1.82, 2.24) is 0 Å². The van der Waals surface area contributed by atoms with E-state index in [0.29, 0.717) is 5.70 Å². The Labute approximate surface area is 48.0 Å². The summed E-state index contributed by atoms with van der Waals surface area (Å²) in [5.41, 5.74) is 5.68. The molecule has 0 rings (SSSR count). The van der Waals surface area contributed by atoms with Crippen LogP contribution in [-0.2, 0) is 0 Å². The second-order valence-electron chi connectivity index (χ2n) is 0.953. The lowest BCUT2D eigenvalue weighted by Crippen LogP contribution is -1.89. The molecule has 0 unspecified atom stereocenters. The summed E-state index contributed by atoms with van der Waals surface area (Å²) in [4.78, 5) is 0. The van der Waals surface area contributed by atoms with Crippen molar-refractivity contribution in [3.05, 3.63) is 11.1 Å². The number of terminal acetylenes is 1. The summed E-state index contributed by atoms with van der Waals surface area (Å²) < 4.78 is 0. The normalized spacial score (nSPS) is 10.6. The van der Waals surface area contributed by atoms with Crippen LogP contribution in [0.3, 0.4) is 0 Å². The molecule has 1 nitrogen and oxygen atoms in total. The molecule has 0 aromatic heterocycles. The lowest BCUT2D eigenvalue weighted by atomic mass is 10.6. The summed E-state index contributed by atoms with van der Waals surface area (Å²) in [5.74, 6) is 2.28. The lowest BCUT2D eigenvalue weighted by molar-refractivity contribution is 1.49. The molecule has 0 saturated heterocycles. The minimum atomic E-state index is 0.493. The maximum Gasteiger partial charge on any atom is 0.0888 e. The number of hydrogen-bond donors (Lipinski definition) is 1. The first-order chi connectivity index (χ1) is 3.31.